The molecule has 0 radical (unpaired) electrons. The lowest BCUT2D eigenvalue weighted by Gasteiger charge is -2.29. The van der Waals surface area contributed by atoms with Gasteiger partial charge in [-0.1, -0.05) is 33.1 Å². The number of rotatable bonds is 7. The van der Waals surface area contributed by atoms with Crippen LogP contribution in [-0.2, 0) is 14.3 Å². The summed E-state index contributed by atoms with van der Waals surface area (Å²) in [5.41, 5.74) is 0. The van der Waals surface area contributed by atoms with E-state index >= 15 is 0 Å². The maximum absolute atomic E-state index is 12.3. The fourth-order valence-corrected chi connectivity index (χ4v) is 2.59. The van der Waals surface area contributed by atoms with Crippen molar-refractivity contribution in [1.82, 2.24) is 4.90 Å². The third-order valence-corrected chi connectivity index (χ3v) is 3.90. The monoisotopic (exact) mass is 285 g/mol. The molecule has 2 unspecified atom stereocenters. The van der Waals surface area contributed by atoms with Crippen LogP contribution in [0.3, 0.4) is 0 Å². The van der Waals surface area contributed by atoms with Crippen molar-refractivity contribution >= 4 is 11.9 Å². The van der Waals surface area contributed by atoms with E-state index in [0.717, 1.165) is 12.8 Å². The van der Waals surface area contributed by atoms with Gasteiger partial charge < -0.3 is 14.7 Å². The summed E-state index contributed by atoms with van der Waals surface area (Å²) in [6.45, 7) is 3.76. The highest BCUT2D eigenvalue weighted by molar-refractivity contribution is 5.81. The molecule has 0 heterocycles. The highest BCUT2D eigenvalue weighted by Crippen LogP contribution is 2.22. The van der Waals surface area contributed by atoms with Gasteiger partial charge in [-0.15, -0.1) is 0 Å². The molecule has 0 aliphatic heterocycles. The molecule has 5 nitrogen and oxygen atoms in total. The Bertz CT molecular complexity index is 326. The van der Waals surface area contributed by atoms with E-state index in [1.54, 1.807) is 14.0 Å². The van der Waals surface area contributed by atoms with Crippen molar-refractivity contribution in [3.63, 3.8) is 0 Å². The van der Waals surface area contributed by atoms with Crippen molar-refractivity contribution in [2.75, 3.05) is 13.6 Å². The maximum atomic E-state index is 12.3. The van der Waals surface area contributed by atoms with Gasteiger partial charge in [0.25, 0.3) is 5.91 Å². The normalized spacial score (nSPS) is 19.4. The molecule has 116 valence electrons. The van der Waals surface area contributed by atoms with E-state index in [0.29, 0.717) is 6.42 Å². The molecule has 0 aromatic carbocycles. The number of ether oxygens (including phenoxy) is 1. The summed E-state index contributed by atoms with van der Waals surface area (Å²) in [6.07, 6.45) is 6.01. The predicted molar refractivity (Wildman–Crippen MR) is 76.5 cm³/mol. The van der Waals surface area contributed by atoms with Gasteiger partial charge in [-0.05, 0) is 19.3 Å². The third kappa shape index (κ3) is 5.12. The highest BCUT2D eigenvalue weighted by atomic mass is 16.5. The Hall–Kier alpha value is -1.10. The number of aliphatic carboxylic acids is 1. The predicted octanol–water partition coefficient (Wildman–Crippen LogP) is 2.29. The topological polar surface area (TPSA) is 66.8 Å². The number of carboxylic acid groups (broad SMARTS) is 1. The average Bonchev–Trinajstić information content (AvgIpc) is 2.44. The second kappa shape index (κ2) is 8.25. The summed E-state index contributed by atoms with van der Waals surface area (Å²) in [4.78, 5) is 24.6. The van der Waals surface area contributed by atoms with Crippen LogP contribution in [0, 0.1) is 5.92 Å². The molecule has 1 saturated carbocycles. The summed E-state index contributed by atoms with van der Waals surface area (Å²) >= 11 is 0. The largest absolute Gasteiger partial charge is 0.481 e. The minimum Gasteiger partial charge on any atom is -0.481 e. The summed E-state index contributed by atoms with van der Waals surface area (Å²) in [5, 5.41) is 8.90. The third-order valence-electron chi connectivity index (χ3n) is 3.90. The van der Waals surface area contributed by atoms with Crippen molar-refractivity contribution < 1.29 is 19.4 Å². The van der Waals surface area contributed by atoms with Crippen molar-refractivity contribution in [3.05, 3.63) is 0 Å². The molecule has 0 aromatic rings. The summed E-state index contributed by atoms with van der Waals surface area (Å²) in [7, 11) is 1.65. The summed E-state index contributed by atoms with van der Waals surface area (Å²) in [5.74, 6) is -1.55. The van der Waals surface area contributed by atoms with Crippen LogP contribution >= 0.6 is 0 Å². The Balaban J connectivity index is 2.50. The second-order valence-corrected chi connectivity index (χ2v) is 5.75. The van der Waals surface area contributed by atoms with Gasteiger partial charge in [-0.3, -0.25) is 9.59 Å². The number of amides is 1. The zero-order valence-corrected chi connectivity index (χ0v) is 12.8. The summed E-state index contributed by atoms with van der Waals surface area (Å²) < 4.78 is 5.93. The zero-order valence-electron chi connectivity index (χ0n) is 12.8. The Kier molecular flexibility index (Phi) is 6.99. The van der Waals surface area contributed by atoms with Crippen molar-refractivity contribution in [3.8, 4) is 0 Å². The molecular weight excluding hydrogens is 258 g/mol. The number of carbonyl (C=O) groups is 2. The molecule has 0 aromatic heterocycles. The number of likely N-dealkylation sites (N-methyl/N-ethyl adjacent to an activating group) is 1. The Morgan fingerprint density at radius 3 is 2.40 bits per heavy atom. The molecular formula is C15H27NO4. The Morgan fingerprint density at radius 1 is 1.30 bits per heavy atom. The van der Waals surface area contributed by atoms with Crippen LogP contribution in [0.4, 0.5) is 0 Å². The zero-order chi connectivity index (χ0) is 15.1. The lowest BCUT2D eigenvalue weighted by atomic mass is 9.97. The number of nitrogens with zero attached hydrogens (tertiary/aromatic N) is 1. The molecule has 1 aliphatic rings. The molecule has 0 spiro atoms. The van der Waals surface area contributed by atoms with E-state index < -0.39 is 18.0 Å². The lowest BCUT2D eigenvalue weighted by molar-refractivity contribution is -0.150. The van der Waals surface area contributed by atoms with E-state index in [4.69, 9.17) is 9.84 Å². The first kappa shape index (κ1) is 17.0. The number of carboxylic acids is 1. The van der Waals surface area contributed by atoms with Crippen LogP contribution in [0.15, 0.2) is 0 Å². The first-order chi connectivity index (χ1) is 9.45. The van der Waals surface area contributed by atoms with Crippen LogP contribution in [0.5, 0.6) is 0 Å². The second-order valence-electron chi connectivity index (χ2n) is 5.75. The van der Waals surface area contributed by atoms with Crippen molar-refractivity contribution in [2.24, 2.45) is 5.92 Å². The number of hydrogen-bond acceptors (Lipinski definition) is 3. The molecule has 0 saturated heterocycles. The van der Waals surface area contributed by atoms with E-state index in [1.807, 2.05) is 6.92 Å². The molecule has 1 amide bonds. The van der Waals surface area contributed by atoms with Gasteiger partial charge in [0.15, 0.2) is 0 Å². The Labute approximate surface area is 121 Å². The first-order valence-corrected chi connectivity index (χ1v) is 7.59. The van der Waals surface area contributed by atoms with Gasteiger partial charge in [0.05, 0.1) is 12.0 Å². The van der Waals surface area contributed by atoms with Gasteiger partial charge in [0.1, 0.15) is 6.10 Å². The van der Waals surface area contributed by atoms with Crippen LogP contribution < -0.4 is 0 Å². The molecule has 1 aliphatic carbocycles. The maximum Gasteiger partial charge on any atom is 0.308 e. The van der Waals surface area contributed by atoms with Crippen LogP contribution in [0.2, 0.25) is 0 Å². The number of hydrogen-bond donors (Lipinski definition) is 1. The molecule has 1 N–H and O–H groups in total. The fraction of sp³-hybridized carbons (Fsp3) is 0.867. The van der Waals surface area contributed by atoms with E-state index in [-0.39, 0.29) is 18.6 Å². The van der Waals surface area contributed by atoms with Crippen LogP contribution in [0.25, 0.3) is 0 Å². The highest BCUT2D eigenvalue weighted by Gasteiger charge is 2.27. The lowest BCUT2D eigenvalue weighted by Crippen LogP contribution is -2.42. The van der Waals surface area contributed by atoms with Gasteiger partial charge in [0, 0.05) is 13.6 Å². The summed E-state index contributed by atoms with van der Waals surface area (Å²) in [6, 6.07) is 0. The molecule has 20 heavy (non-hydrogen) atoms. The van der Waals surface area contributed by atoms with Gasteiger partial charge in [0.2, 0.25) is 0 Å². The van der Waals surface area contributed by atoms with Crippen molar-refractivity contribution in [1.29, 1.82) is 0 Å². The molecule has 0 bridgehead atoms. The smallest absolute Gasteiger partial charge is 0.308 e. The van der Waals surface area contributed by atoms with E-state index in [9.17, 15) is 9.59 Å². The fourth-order valence-electron chi connectivity index (χ4n) is 2.59. The molecule has 5 heteroatoms. The van der Waals surface area contributed by atoms with Gasteiger partial charge in [-0.2, -0.15) is 0 Å². The Morgan fingerprint density at radius 2 is 1.90 bits per heavy atom. The number of carbonyl (C=O) groups excluding carboxylic acids is 1. The molecule has 1 fully saturated rings. The first-order valence-electron chi connectivity index (χ1n) is 7.59. The standard InChI is InChI=1S/C15H27NO4/c1-4-13(20-12-8-6-5-7-9-12)14(17)16(3)10-11(2)15(18)19/h11-13H,4-10H2,1-3H3,(H,18,19). The van der Waals surface area contributed by atoms with Gasteiger partial charge in [-0.25, -0.2) is 0 Å². The quantitative estimate of drug-likeness (QED) is 0.779. The van der Waals surface area contributed by atoms with E-state index in [2.05, 4.69) is 0 Å². The van der Waals surface area contributed by atoms with Crippen LogP contribution in [0.1, 0.15) is 52.4 Å². The molecule has 1 rings (SSSR count). The SMILES string of the molecule is CCC(OC1CCCCC1)C(=O)N(C)CC(C)C(=O)O. The van der Waals surface area contributed by atoms with E-state index in [1.165, 1.54) is 24.2 Å². The van der Waals surface area contributed by atoms with Gasteiger partial charge >= 0.3 is 5.97 Å². The average molecular weight is 285 g/mol. The minimum atomic E-state index is -0.883. The molecule has 2 atom stereocenters. The van der Waals surface area contributed by atoms with Crippen molar-refractivity contribution in [2.45, 2.75) is 64.6 Å². The van der Waals surface area contributed by atoms with Crippen LogP contribution in [-0.4, -0.2) is 47.7 Å². The minimum absolute atomic E-state index is 0.105.